The van der Waals surface area contributed by atoms with Gasteiger partial charge >= 0.3 is 6.18 Å². The molecule has 0 fully saturated rings. The first kappa shape index (κ1) is 28.9. The highest BCUT2D eigenvalue weighted by Gasteiger charge is 2.33. The minimum Gasteiger partial charge on any atom is -0.490 e. The Kier molecular flexibility index (Phi) is 9.70. The molecule has 0 aromatic heterocycles. The van der Waals surface area contributed by atoms with Crippen LogP contribution >= 0.6 is 27.5 Å². The van der Waals surface area contributed by atoms with Gasteiger partial charge in [0.15, 0.2) is 11.5 Å². The molecule has 1 amide bonds. The Balaban J connectivity index is 1.71. The number of nitrogens with zero attached hydrogens (tertiary/aromatic N) is 2. The Morgan fingerprint density at radius 3 is 2.50 bits per heavy atom. The molecule has 3 aromatic carbocycles. The number of amides is 1. The van der Waals surface area contributed by atoms with E-state index in [-0.39, 0.29) is 12.2 Å². The van der Waals surface area contributed by atoms with Gasteiger partial charge in [-0.25, -0.2) is 5.43 Å². The van der Waals surface area contributed by atoms with E-state index in [1.807, 2.05) is 18.2 Å². The number of carbonyl (C=O) groups is 1. The van der Waals surface area contributed by atoms with Gasteiger partial charge in [0.25, 0.3) is 5.69 Å². The molecule has 0 aliphatic rings. The van der Waals surface area contributed by atoms with Gasteiger partial charge in [0.1, 0.15) is 6.61 Å². The summed E-state index contributed by atoms with van der Waals surface area (Å²) in [7, 11) is 0. The second-order valence-electron chi connectivity index (χ2n) is 7.70. The second kappa shape index (κ2) is 12.7. The van der Waals surface area contributed by atoms with Crippen molar-refractivity contribution in [2.45, 2.75) is 26.1 Å². The van der Waals surface area contributed by atoms with E-state index in [1.165, 1.54) is 6.21 Å². The molecule has 0 radical (unpaired) electrons. The highest BCUT2D eigenvalue weighted by molar-refractivity contribution is 9.10. The molecule has 200 valence electrons. The van der Waals surface area contributed by atoms with Gasteiger partial charge < -0.3 is 9.47 Å². The summed E-state index contributed by atoms with van der Waals surface area (Å²) >= 11 is 9.59. The first-order valence-corrected chi connectivity index (χ1v) is 12.2. The van der Waals surface area contributed by atoms with Gasteiger partial charge in [-0.05, 0) is 47.1 Å². The van der Waals surface area contributed by atoms with Crippen molar-refractivity contribution >= 4 is 45.3 Å². The van der Waals surface area contributed by atoms with Crippen molar-refractivity contribution in [3.8, 4) is 11.5 Å². The highest BCUT2D eigenvalue weighted by Crippen LogP contribution is 2.35. The summed E-state index contributed by atoms with van der Waals surface area (Å²) in [4.78, 5) is 22.5. The molecule has 3 rings (SSSR count). The minimum absolute atomic E-state index is 0.185. The zero-order chi connectivity index (χ0) is 27.9. The molecule has 3 aromatic rings. The number of alkyl halides is 3. The maximum Gasteiger partial charge on any atom is 0.416 e. The third-order valence-electron chi connectivity index (χ3n) is 5.06. The summed E-state index contributed by atoms with van der Waals surface area (Å²) in [5, 5.41) is 15.6. The van der Waals surface area contributed by atoms with E-state index >= 15 is 0 Å². The van der Waals surface area contributed by atoms with Gasteiger partial charge in [-0.2, -0.15) is 18.3 Å². The van der Waals surface area contributed by atoms with Crippen molar-refractivity contribution in [2.24, 2.45) is 5.10 Å². The van der Waals surface area contributed by atoms with E-state index in [0.717, 1.165) is 11.6 Å². The number of nitrogens with one attached hydrogen (secondary N) is 1. The van der Waals surface area contributed by atoms with Crippen LogP contribution in [0.1, 0.15) is 29.2 Å². The van der Waals surface area contributed by atoms with Crippen LogP contribution in [0.2, 0.25) is 5.02 Å². The molecule has 0 aliphatic carbocycles. The van der Waals surface area contributed by atoms with E-state index in [9.17, 15) is 28.1 Å². The van der Waals surface area contributed by atoms with Crippen LogP contribution < -0.4 is 14.9 Å². The number of hydrazone groups is 1. The van der Waals surface area contributed by atoms with Crippen molar-refractivity contribution in [3.63, 3.8) is 0 Å². The van der Waals surface area contributed by atoms with E-state index in [2.05, 4.69) is 26.5 Å². The van der Waals surface area contributed by atoms with Crippen LogP contribution in [0.25, 0.3) is 0 Å². The van der Waals surface area contributed by atoms with Crippen LogP contribution in [0.15, 0.2) is 64.2 Å². The standard InChI is InChI=1S/C25H20BrClF3N3O5/c1-2-37-22-9-17(19(26)12-23(22)38-14-16-5-3-4-6-20(16)27)13-31-32-24(34)10-15-7-8-18(25(28,29)30)11-21(15)33(35)36/h3-9,11-13H,2,10,14H2,1H3,(H,32,34)/b31-13+. The molecule has 0 saturated heterocycles. The second-order valence-corrected chi connectivity index (χ2v) is 8.96. The van der Waals surface area contributed by atoms with Gasteiger partial charge in [0, 0.05) is 32.3 Å². The van der Waals surface area contributed by atoms with Crippen LogP contribution in [0.5, 0.6) is 11.5 Å². The number of nitro groups is 1. The third kappa shape index (κ3) is 7.68. The van der Waals surface area contributed by atoms with Gasteiger partial charge in [0.05, 0.1) is 29.7 Å². The van der Waals surface area contributed by atoms with Crippen LogP contribution in [0, 0.1) is 10.1 Å². The van der Waals surface area contributed by atoms with Crippen molar-refractivity contribution in [1.82, 2.24) is 5.43 Å². The van der Waals surface area contributed by atoms with E-state index < -0.39 is 34.7 Å². The molecule has 0 unspecified atom stereocenters. The van der Waals surface area contributed by atoms with Crippen LogP contribution in [-0.2, 0) is 24.0 Å². The average molecular weight is 615 g/mol. The van der Waals surface area contributed by atoms with Gasteiger partial charge in [-0.15, -0.1) is 0 Å². The summed E-state index contributed by atoms with van der Waals surface area (Å²) in [5.74, 6) is 0.0929. The number of halogens is 5. The monoisotopic (exact) mass is 613 g/mol. The molecule has 0 atom stereocenters. The lowest BCUT2D eigenvalue weighted by molar-refractivity contribution is -0.385. The molecule has 1 N–H and O–H groups in total. The number of benzene rings is 3. The Morgan fingerprint density at radius 1 is 1.13 bits per heavy atom. The smallest absolute Gasteiger partial charge is 0.416 e. The van der Waals surface area contributed by atoms with Crippen LogP contribution in [0.4, 0.5) is 18.9 Å². The number of hydrogen-bond acceptors (Lipinski definition) is 6. The summed E-state index contributed by atoms with van der Waals surface area (Å²) < 4.78 is 50.7. The van der Waals surface area contributed by atoms with Crippen molar-refractivity contribution in [2.75, 3.05) is 6.61 Å². The molecule has 8 nitrogen and oxygen atoms in total. The molecular weight excluding hydrogens is 595 g/mol. The predicted molar refractivity (Wildman–Crippen MR) is 139 cm³/mol. The largest absolute Gasteiger partial charge is 0.490 e. The average Bonchev–Trinajstić information content (AvgIpc) is 2.85. The fraction of sp³-hybridized carbons (Fsp3) is 0.200. The Morgan fingerprint density at radius 2 is 1.84 bits per heavy atom. The fourth-order valence-corrected chi connectivity index (χ4v) is 3.86. The Bertz CT molecular complexity index is 1370. The number of nitro benzene ring substituents is 1. The molecule has 0 spiro atoms. The Labute approximate surface area is 228 Å². The molecule has 0 heterocycles. The predicted octanol–water partition coefficient (Wildman–Crippen LogP) is 6.70. The fourth-order valence-electron chi connectivity index (χ4n) is 3.25. The van der Waals surface area contributed by atoms with Crippen molar-refractivity contribution in [1.29, 1.82) is 0 Å². The topological polar surface area (TPSA) is 103 Å². The minimum atomic E-state index is -4.75. The maximum absolute atomic E-state index is 12.9. The highest BCUT2D eigenvalue weighted by atomic mass is 79.9. The maximum atomic E-state index is 12.9. The number of ether oxygens (including phenoxy) is 2. The first-order chi connectivity index (χ1) is 18.0. The van der Waals surface area contributed by atoms with Crippen LogP contribution in [-0.4, -0.2) is 23.7 Å². The molecule has 0 saturated carbocycles. The molecule has 13 heteroatoms. The van der Waals surface area contributed by atoms with Crippen LogP contribution in [0.3, 0.4) is 0 Å². The normalized spacial score (nSPS) is 11.4. The number of carbonyl (C=O) groups excluding carboxylic acids is 1. The number of hydrogen-bond donors (Lipinski definition) is 1. The van der Waals surface area contributed by atoms with E-state index in [0.29, 0.717) is 45.3 Å². The summed E-state index contributed by atoms with van der Waals surface area (Å²) in [6.07, 6.45) is -3.99. The first-order valence-electron chi connectivity index (χ1n) is 11.0. The summed E-state index contributed by atoms with van der Waals surface area (Å²) in [6.45, 7) is 2.35. The van der Waals surface area contributed by atoms with Gasteiger partial charge in [0.2, 0.25) is 5.91 Å². The quantitative estimate of drug-likeness (QED) is 0.156. The number of rotatable bonds is 10. The SMILES string of the molecule is CCOc1cc(/C=N/NC(=O)Cc2ccc(C(F)(F)F)cc2[N+](=O)[O-])c(Br)cc1OCc1ccccc1Cl. The summed E-state index contributed by atoms with van der Waals surface area (Å²) in [5.41, 5.74) is 1.34. The van der Waals surface area contributed by atoms with Crippen molar-refractivity contribution in [3.05, 3.63) is 96.5 Å². The van der Waals surface area contributed by atoms with Crippen molar-refractivity contribution < 1.29 is 32.4 Å². The van der Waals surface area contributed by atoms with Gasteiger partial charge in [-0.3, -0.25) is 14.9 Å². The third-order valence-corrected chi connectivity index (χ3v) is 6.11. The zero-order valence-electron chi connectivity index (χ0n) is 19.7. The zero-order valence-corrected chi connectivity index (χ0v) is 22.1. The van der Waals surface area contributed by atoms with E-state index in [4.69, 9.17) is 21.1 Å². The lowest BCUT2D eigenvalue weighted by atomic mass is 10.1. The Hall–Kier alpha value is -3.64. The molecule has 0 aliphatic heterocycles. The molecule has 38 heavy (non-hydrogen) atoms. The summed E-state index contributed by atoms with van der Waals surface area (Å²) in [6, 6.07) is 12.5. The molecule has 0 bridgehead atoms. The van der Waals surface area contributed by atoms with Gasteiger partial charge in [-0.1, -0.05) is 35.9 Å². The lowest BCUT2D eigenvalue weighted by Gasteiger charge is -2.14. The lowest BCUT2D eigenvalue weighted by Crippen LogP contribution is -2.20. The van der Waals surface area contributed by atoms with E-state index in [1.54, 1.807) is 25.1 Å². The molecular formula is C25H20BrClF3N3O5.